The number of carboxylic acids is 1. The van der Waals surface area contributed by atoms with Gasteiger partial charge in [-0.15, -0.1) is 0 Å². The number of para-hydroxylation sites is 2. The lowest BCUT2D eigenvalue weighted by atomic mass is 9.70. The molecule has 0 spiro atoms. The van der Waals surface area contributed by atoms with E-state index in [2.05, 4.69) is 83.5 Å². The van der Waals surface area contributed by atoms with Gasteiger partial charge in [-0.2, -0.15) is 0 Å². The fourth-order valence-electron chi connectivity index (χ4n) is 10.3. The van der Waals surface area contributed by atoms with Crippen LogP contribution < -0.4 is 4.90 Å². The highest BCUT2D eigenvalue weighted by Gasteiger charge is 2.50. The van der Waals surface area contributed by atoms with Crippen molar-refractivity contribution in [3.63, 3.8) is 0 Å². The van der Waals surface area contributed by atoms with Crippen LogP contribution in [0, 0.1) is 23.7 Å². The predicted molar refractivity (Wildman–Crippen MR) is 191 cm³/mol. The molecule has 2 saturated heterocycles. The molecule has 9 nitrogen and oxygen atoms in total. The lowest BCUT2D eigenvalue weighted by molar-refractivity contribution is -0.894. The van der Waals surface area contributed by atoms with E-state index in [0.29, 0.717) is 12.0 Å². The summed E-state index contributed by atoms with van der Waals surface area (Å²) in [7, 11) is 1.43. The minimum atomic E-state index is -0.740. The Morgan fingerprint density at radius 3 is 2.58 bits per heavy atom. The van der Waals surface area contributed by atoms with Crippen molar-refractivity contribution < 1.29 is 29.1 Å². The first kappa shape index (κ1) is 31.4. The van der Waals surface area contributed by atoms with Crippen molar-refractivity contribution in [2.75, 3.05) is 26.7 Å². The van der Waals surface area contributed by atoms with Gasteiger partial charge in [0, 0.05) is 64.1 Å². The maximum absolute atomic E-state index is 13.5. The highest BCUT2D eigenvalue weighted by molar-refractivity contribution is 5.95. The van der Waals surface area contributed by atoms with Crippen LogP contribution in [0.3, 0.4) is 0 Å². The molecule has 2 fully saturated rings. The van der Waals surface area contributed by atoms with E-state index in [9.17, 15) is 14.7 Å². The minimum Gasteiger partial charge on any atom is -0.497 e. The topological polar surface area (TPSA) is 112 Å². The molecule has 2 aromatic carbocycles. The van der Waals surface area contributed by atoms with E-state index in [4.69, 9.17) is 9.47 Å². The Labute approximate surface area is 291 Å². The zero-order valence-electron chi connectivity index (χ0n) is 28.9. The van der Waals surface area contributed by atoms with Crippen LogP contribution in [0.2, 0.25) is 0 Å². The second kappa shape index (κ2) is 12.0. The largest absolute Gasteiger partial charge is 0.497 e. The van der Waals surface area contributed by atoms with Crippen molar-refractivity contribution in [3.05, 3.63) is 101 Å². The Balaban J connectivity index is 1.09. The Morgan fingerprint density at radius 2 is 1.82 bits per heavy atom. The number of carbonyl (C=O) groups is 2. The number of quaternary nitrogens is 1. The molecule has 0 radical (unpaired) electrons. The number of piperidine rings is 2. The number of aliphatic carboxylic acids is 1. The summed E-state index contributed by atoms with van der Waals surface area (Å²) in [5.41, 5.74) is 10.1. The van der Waals surface area contributed by atoms with Gasteiger partial charge in [0.2, 0.25) is 0 Å². The average Bonchev–Trinajstić information content (AvgIpc) is 3.72. The lowest BCUT2D eigenvalue weighted by Gasteiger charge is -2.46. The van der Waals surface area contributed by atoms with Crippen LogP contribution in [0.4, 0.5) is 0 Å². The zero-order valence-corrected chi connectivity index (χ0v) is 28.9. The van der Waals surface area contributed by atoms with Gasteiger partial charge >= 0.3 is 11.9 Å². The Hall–Kier alpha value is -4.60. The molecule has 4 N–H and O–H groups in total. The van der Waals surface area contributed by atoms with E-state index in [1.807, 2.05) is 6.07 Å². The molecule has 4 aromatic rings. The third kappa shape index (κ3) is 4.81. The van der Waals surface area contributed by atoms with Gasteiger partial charge in [-0.25, -0.2) is 4.79 Å². The second-order valence-electron chi connectivity index (χ2n) is 15.0. The van der Waals surface area contributed by atoms with Crippen molar-refractivity contribution in [1.82, 2.24) is 14.9 Å². The molecule has 258 valence electrons. The number of aromatic nitrogens is 2. The highest BCUT2D eigenvalue weighted by atomic mass is 16.5. The number of carboxylic acid groups (broad SMARTS) is 1. The number of methoxy groups -OCH3 is 1. The van der Waals surface area contributed by atoms with E-state index < -0.39 is 11.9 Å². The number of carbonyl (C=O) groups excluding carboxylic acids is 1. The van der Waals surface area contributed by atoms with Gasteiger partial charge in [-0.1, -0.05) is 48.0 Å². The molecule has 2 aromatic heterocycles. The quantitative estimate of drug-likeness (QED) is 0.160. The number of nitrogens with one attached hydrogen (secondary N) is 3. The number of fused-ring (bicyclic) bond motifs is 11. The van der Waals surface area contributed by atoms with Gasteiger partial charge in [0.05, 0.1) is 55.3 Å². The maximum atomic E-state index is 13.5. The molecule has 0 bridgehead atoms. The molecular weight excluding hydrogens is 628 g/mol. The van der Waals surface area contributed by atoms with Crippen molar-refractivity contribution in [2.24, 2.45) is 23.7 Å². The zero-order chi connectivity index (χ0) is 34.3. The average molecular weight is 674 g/mol. The standard InChI is InChI=1S/C41H44N4O5/c1-4-23-18-44-14-13-26-25-9-5-7-11-33(25)42-38(26)35(44)16-28(23)30(40(46)47)15-24-19-45-20-31-22(2)50-21-32(41(48)49-3)29(31)17-36(45)39-37(24)27-10-6-8-12-34(27)43-39/h4-12,19,21-22,28-31,35-36,42-43H,13-18,20H2,1-3H3,(H,46,47)/p+1. The summed E-state index contributed by atoms with van der Waals surface area (Å²) in [6.07, 6.45) is 9.06. The SMILES string of the molecule is CC=C1CN2CCc3c([nH]c4ccccc34)C2CC1C(CC1=C[NH+]2CC3C(C)OC=C(C(=O)OC)C3CC2c2[nH]c3ccccc3c21)C(=O)O. The molecule has 9 heteroatoms. The molecule has 8 atom stereocenters. The Kier molecular flexibility index (Phi) is 7.55. The van der Waals surface area contributed by atoms with Gasteiger partial charge in [0.1, 0.15) is 12.1 Å². The normalized spacial score (nSPS) is 30.2. The fraction of sp³-hybridized carbons (Fsp3) is 0.415. The predicted octanol–water partition coefficient (Wildman–Crippen LogP) is 5.70. The molecule has 0 amide bonds. The van der Waals surface area contributed by atoms with Gasteiger partial charge in [0.15, 0.2) is 0 Å². The second-order valence-corrected chi connectivity index (χ2v) is 15.0. The number of esters is 1. The summed E-state index contributed by atoms with van der Waals surface area (Å²) >= 11 is 0. The summed E-state index contributed by atoms with van der Waals surface area (Å²) in [6, 6.07) is 17.2. The molecule has 0 aliphatic carbocycles. The molecule has 8 unspecified atom stereocenters. The number of hydrogen-bond donors (Lipinski definition) is 4. The Morgan fingerprint density at radius 1 is 1.08 bits per heavy atom. The van der Waals surface area contributed by atoms with Crippen LogP contribution >= 0.6 is 0 Å². The third-order valence-electron chi connectivity index (χ3n) is 12.7. The van der Waals surface area contributed by atoms with Crippen LogP contribution in [0.15, 0.2) is 78.2 Å². The number of aromatic amines is 2. The van der Waals surface area contributed by atoms with Gasteiger partial charge in [-0.05, 0) is 56.7 Å². The summed E-state index contributed by atoms with van der Waals surface area (Å²) in [5.74, 6) is -1.58. The number of H-pyrrole nitrogens is 2. The minimum absolute atomic E-state index is 0.0217. The van der Waals surface area contributed by atoms with E-state index in [0.717, 1.165) is 72.1 Å². The maximum Gasteiger partial charge on any atom is 0.337 e. The van der Waals surface area contributed by atoms with Gasteiger partial charge < -0.3 is 29.4 Å². The number of benzene rings is 2. The van der Waals surface area contributed by atoms with Crippen molar-refractivity contribution in [1.29, 1.82) is 0 Å². The molecule has 9 rings (SSSR count). The van der Waals surface area contributed by atoms with Crippen molar-refractivity contribution in [3.8, 4) is 0 Å². The van der Waals surface area contributed by atoms with Gasteiger partial charge in [-0.3, -0.25) is 9.69 Å². The van der Waals surface area contributed by atoms with Crippen LogP contribution in [-0.4, -0.2) is 64.8 Å². The number of nitrogens with zero attached hydrogens (tertiary/aromatic N) is 1. The monoisotopic (exact) mass is 673 g/mol. The van der Waals surface area contributed by atoms with Gasteiger partial charge in [0.25, 0.3) is 0 Å². The van der Waals surface area contributed by atoms with E-state index >= 15 is 0 Å². The molecule has 0 saturated carbocycles. The fourth-order valence-corrected chi connectivity index (χ4v) is 10.3. The van der Waals surface area contributed by atoms with Crippen molar-refractivity contribution in [2.45, 2.75) is 57.7 Å². The van der Waals surface area contributed by atoms with Crippen LogP contribution in [0.5, 0.6) is 0 Å². The Bertz CT molecular complexity index is 2120. The number of allylic oxidation sites excluding steroid dienone is 2. The molecule has 7 heterocycles. The molecular formula is C41H45N4O5+. The third-order valence-corrected chi connectivity index (χ3v) is 12.7. The number of ether oxygens (including phenoxy) is 2. The number of hydrogen-bond acceptors (Lipinski definition) is 5. The summed E-state index contributed by atoms with van der Waals surface area (Å²) in [5, 5.41) is 13.5. The first-order chi connectivity index (χ1) is 24.3. The summed E-state index contributed by atoms with van der Waals surface area (Å²) < 4.78 is 11.2. The molecule has 5 aliphatic heterocycles. The first-order valence-electron chi connectivity index (χ1n) is 18.2. The van der Waals surface area contributed by atoms with Crippen LogP contribution in [-0.2, 0) is 25.5 Å². The van der Waals surface area contributed by atoms with Crippen LogP contribution in [0.25, 0.3) is 27.4 Å². The molecule has 5 aliphatic rings. The van der Waals surface area contributed by atoms with Crippen LogP contribution in [0.1, 0.15) is 67.7 Å². The summed E-state index contributed by atoms with van der Waals surface area (Å²) in [4.78, 5) is 37.7. The van der Waals surface area contributed by atoms with Crippen molar-refractivity contribution >= 4 is 39.3 Å². The molecule has 50 heavy (non-hydrogen) atoms. The first-order valence-corrected chi connectivity index (χ1v) is 18.2. The highest BCUT2D eigenvalue weighted by Crippen LogP contribution is 2.49. The lowest BCUT2D eigenvalue weighted by Crippen LogP contribution is -3.11. The van der Waals surface area contributed by atoms with E-state index in [1.165, 1.54) is 34.2 Å². The summed E-state index contributed by atoms with van der Waals surface area (Å²) in [6.45, 7) is 6.70. The number of rotatable bonds is 5. The van der Waals surface area contributed by atoms with E-state index in [-0.39, 0.29) is 41.9 Å². The smallest absolute Gasteiger partial charge is 0.337 e. The van der Waals surface area contributed by atoms with E-state index in [1.54, 1.807) is 6.26 Å².